The lowest BCUT2D eigenvalue weighted by atomic mass is 10.2. The van der Waals surface area contributed by atoms with Crippen molar-refractivity contribution in [2.75, 3.05) is 33.3 Å². The van der Waals surface area contributed by atoms with Crippen molar-refractivity contribution in [1.82, 2.24) is 15.1 Å². The van der Waals surface area contributed by atoms with Crippen molar-refractivity contribution in [3.63, 3.8) is 0 Å². The summed E-state index contributed by atoms with van der Waals surface area (Å²) in [6, 6.07) is -0.976. The van der Waals surface area contributed by atoms with Gasteiger partial charge in [-0.3, -0.25) is 4.90 Å². The van der Waals surface area contributed by atoms with E-state index in [1.54, 1.807) is 14.0 Å². The van der Waals surface area contributed by atoms with E-state index in [0.717, 1.165) is 0 Å². The van der Waals surface area contributed by atoms with Gasteiger partial charge in [0, 0.05) is 26.2 Å². The minimum absolute atomic E-state index is 0.158. The Morgan fingerprint density at radius 1 is 1.58 bits per heavy atom. The molecule has 1 saturated heterocycles. The number of amides is 2. The molecule has 1 heterocycles. The number of nitrogens with one attached hydrogen (secondary N) is 1. The number of rotatable bonds is 4. The molecule has 0 spiro atoms. The molecular formula is C11H20F3N3O2. The van der Waals surface area contributed by atoms with Crippen LogP contribution in [-0.2, 0) is 0 Å². The van der Waals surface area contributed by atoms with Gasteiger partial charge in [-0.05, 0) is 13.3 Å². The van der Waals surface area contributed by atoms with E-state index in [9.17, 15) is 18.0 Å². The van der Waals surface area contributed by atoms with E-state index in [4.69, 9.17) is 5.11 Å². The molecule has 0 bridgehead atoms. The Morgan fingerprint density at radius 3 is 2.74 bits per heavy atom. The standard InChI is InChI=1S/C11H20F3N3O2/c1-8(6-18)16(2)10(19)15-9-3-4-17(5-9)7-11(12,13)14/h8-9,18H,3-7H2,1-2H3,(H,15,19). The summed E-state index contributed by atoms with van der Waals surface area (Å²) >= 11 is 0. The fraction of sp³-hybridized carbons (Fsp3) is 0.909. The Labute approximate surface area is 110 Å². The van der Waals surface area contributed by atoms with Crippen molar-refractivity contribution >= 4 is 6.03 Å². The highest BCUT2D eigenvalue weighted by atomic mass is 19.4. The van der Waals surface area contributed by atoms with Gasteiger partial charge in [0.05, 0.1) is 19.2 Å². The van der Waals surface area contributed by atoms with Crippen molar-refractivity contribution in [2.45, 2.75) is 31.6 Å². The average Bonchev–Trinajstić information content (AvgIpc) is 2.71. The largest absolute Gasteiger partial charge is 0.401 e. The van der Waals surface area contributed by atoms with E-state index < -0.39 is 12.7 Å². The van der Waals surface area contributed by atoms with Crippen LogP contribution in [0.25, 0.3) is 0 Å². The summed E-state index contributed by atoms with van der Waals surface area (Å²) < 4.78 is 36.6. The highest BCUT2D eigenvalue weighted by Crippen LogP contribution is 2.20. The van der Waals surface area contributed by atoms with Crippen molar-refractivity contribution in [3.8, 4) is 0 Å². The lowest BCUT2D eigenvalue weighted by molar-refractivity contribution is -0.143. The molecule has 19 heavy (non-hydrogen) atoms. The Morgan fingerprint density at radius 2 is 2.21 bits per heavy atom. The molecule has 1 aliphatic rings. The van der Waals surface area contributed by atoms with Gasteiger partial charge in [-0.25, -0.2) is 4.79 Å². The van der Waals surface area contributed by atoms with E-state index in [1.807, 2.05) is 0 Å². The first-order valence-corrected chi connectivity index (χ1v) is 6.16. The van der Waals surface area contributed by atoms with Crippen LogP contribution < -0.4 is 5.32 Å². The average molecular weight is 283 g/mol. The number of nitrogens with zero attached hydrogens (tertiary/aromatic N) is 2. The van der Waals surface area contributed by atoms with Crippen LogP contribution in [0.5, 0.6) is 0 Å². The predicted octanol–water partition coefficient (Wildman–Crippen LogP) is 0.645. The first-order valence-electron chi connectivity index (χ1n) is 6.16. The molecule has 2 N–H and O–H groups in total. The van der Waals surface area contributed by atoms with Gasteiger partial charge in [-0.2, -0.15) is 13.2 Å². The smallest absolute Gasteiger partial charge is 0.394 e. The van der Waals surface area contributed by atoms with Crippen LogP contribution in [0.4, 0.5) is 18.0 Å². The van der Waals surface area contributed by atoms with Crippen molar-refractivity contribution in [3.05, 3.63) is 0 Å². The zero-order valence-electron chi connectivity index (χ0n) is 11.1. The highest BCUT2D eigenvalue weighted by Gasteiger charge is 2.35. The van der Waals surface area contributed by atoms with Crippen molar-refractivity contribution < 1.29 is 23.1 Å². The number of urea groups is 1. The second-order valence-corrected chi connectivity index (χ2v) is 4.93. The zero-order valence-corrected chi connectivity index (χ0v) is 11.1. The maximum atomic E-state index is 12.2. The highest BCUT2D eigenvalue weighted by molar-refractivity contribution is 5.74. The predicted molar refractivity (Wildman–Crippen MR) is 63.7 cm³/mol. The zero-order chi connectivity index (χ0) is 14.6. The number of alkyl halides is 3. The van der Waals surface area contributed by atoms with Crippen LogP contribution >= 0.6 is 0 Å². The molecule has 0 aromatic carbocycles. The molecule has 2 atom stereocenters. The molecule has 5 nitrogen and oxygen atoms in total. The first kappa shape index (κ1) is 16.0. The lowest BCUT2D eigenvalue weighted by Gasteiger charge is -2.25. The SMILES string of the molecule is CC(CO)N(C)C(=O)NC1CCN(CC(F)(F)F)C1. The maximum absolute atomic E-state index is 12.2. The number of hydrogen-bond acceptors (Lipinski definition) is 3. The Balaban J connectivity index is 2.38. The van der Waals surface area contributed by atoms with E-state index in [-0.39, 0.29) is 31.3 Å². The van der Waals surface area contributed by atoms with Gasteiger partial charge in [0.15, 0.2) is 0 Å². The van der Waals surface area contributed by atoms with Gasteiger partial charge in [0.2, 0.25) is 0 Å². The summed E-state index contributed by atoms with van der Waals surface area (Å²) in [4.78, 5) is 14.4. The number of likely N-dealkylation sites (N-methyl/N-ethyl adjacent to an activating group) is 1. The molecule has 0 radical (unpaired) electrons. The third kappa shape index (κ3) is 5.23. The molecule has 1 aliphatic heterocycles. The lowest BCUT2D eigenvalue weighted by Crippen LogP contribution is -2.48. The quantitative estimate of drug-likeness (QED) is 0.796. The van der Waals surface area contributed by atoms with Gasteiger partial charge in [0.1, 0.15) is 0 Å². The third-order valence-corrected chi connectivity index (χ3v) is 3.25. The molecule has 0 aromatic rings. The van der Waals surface area contributed by atoms with Crippen LogP contribution in [0, 0.1) is 0 Å². The second-order valence-electron chi connectivity index (χ2n) is 4.93. The van der Waals surface area contributed by atoms with E-state index in [2.05, 4.69) is 5.32 Å². The van der Waals surface area contributed by atoms with Crippen LogP contribution in [0.1, 0.15) is 13.3 Å². The Hall–Kier alpha value is -1.02. The molecule has 1 rings (SSSR count). The summed E-state index contributed by atoms with van der Waals surface area (Å²) in [7, 11) is 1.54. The molecule has 0 aliphatic carbocycles. The number of aliphatic hydroxyl groups is 1. The Bertz CT molecular complexity index is 312. The molecule has 0 aromatic heterocycles. The normalized spacial score (nSPS) is 22.3. The van der Waals surface area contributed by atoms with Crippen LogP contribution in [0.3, 0.4) is 0 Å². The van der Waals surface area contributed by atoms with Gasteiger partial charge in [-0.15, -0.1) is 0 Å². The summed E-state index contributed by atoms with van der Waals surface area (Å²) in [6.45, 7) is 1.11. The van der Waals surface area contributed by atoms with Crippen LogP contribution in [-0.4, -0.2) is 72.5 Å². The molecule has 112 valence electrons. The summed E-state index contributed by atoms with van der Waals surface area (Å²) in [5, 5.41) is 11.6. The molecule has 1 fully saturated rings. The molecule has 2 amide bonds. The minimum atomic E-state index is -4.21. The van der Waals surface area contributed by atoms with Gasteiger partial charge >= 0.3 is 12.2 Å². The third-order valence-electron chi connectivity index (χ3n) is 3.25. The van der Waals surface area contributed by atoms with E-state index in [1.165, 1.54) is 9.80 Å². The summed E-state index contributed by atoms with van der Waals surface area (Å²) in [6.07, 6.45) is -3.70. The number of hydrogen-bond donors (Lipinski definition) is 2. The number of aliphatic hydroxyl groups excluding tert-OH is 1. The molecule has 0 saturated carbocycles. The topological polar surface area (TPSA) is 55.8 Å². The van der Waals surface area contributed by atoms with Crippen molar-refractivity contribution in [1.29, 1.82) is 0 Å². The fourth-order valence-electron chi connectivity index (χ4n) is 1.95. The summed E-state index contributed by atoms with van der Waals surface area (Å²) in [5.74, 6) is 0. The molecule has 8 heteroatoms. The molecule has 2 unspecified atom stereocenters. The van der Waals surface area contributed by atoms with Gasteiger partial charge < -0.3 is 15.3 Å². The fourth-order valence-corrected chi connectivity index (χ4v) is 1.95. The Kier molecular flexibility index (Phi) is 5.42. The monoisotopic (exact) mass is 283 g/mol. The minimum Gasteiger partial charge on any atom is -0.394 e. The van der Waals surface area contributed by atoms with Crippen LogP contribution in [0.2, 0.25) is 0 Å². The number of likely N-dealkylation sites (tertiary alicyclic amines) is 1. The van der Waals surface area contributed by atoms with Crippen LogP contribution in [0.15, 0.2) is 0 Å². The second kappa shape index (κ2) is 6.42. The molecular weight excluding hydrogens is 263 g/mol. The maximum Gasteiger partial charge on any atom is 0.401 e. The first-order chi connectivity index (χ1) is 8.73. The van der Waals surface area contributed by atoms with E-state index in [0.29, 0.717) is 13.0 Å². The number of carbonyl (C=O) groups excluding carboxylic acids is 1. The summed E-state index contributed by atoms with van der Waals surface area (Å²) in [5.41, 5.74) is 0. The van der Waals surface area contributed by atoms with Crippen molar-refractivity contribution in [2.24, 2.45) is 0 Å². The number of carbonyl (C=O) groups is 1. The number of halogens is 3. The van der Waals surface area contributed by atoms with Gasteiger partial charge in [0.25, 0.3) is 0 Å². The van der Waals surface area contributed by atoms with Gasteiger partial charge in [-0.1, -0.05) is 0 Å². The van der Waals surface area contributed by atoms with E-state index >= 15 is 0 Å².